The smallest absolute Gasteiger partial charge is 0.128 e. The lowest BCUT2D eigenvalue weighted by molar-refractivity contribution is 0.260. The summed E-state index contributed by atoms with van der Waals surface area (Å²) in [6, 6.07) is 10.0. The van der Waals surface area contributed by atoms with E-state index in [4.69, 9.17) is 0 Å². The molecule has 0 bridgehead atoms. The van der Waals surface area contributed by atoms with E-state index < -0.39 is 0 Å². The summed E-state index contributed by atoms with van der Waals surface area (Å²) in [5.41, 5.74) is 1.23. The average Bonchev–Trinajstić information content (AvgIpc) is 2.03. The third-order valence-corrected chi connectivity index (χ3v) is 1.90. The highest BCUT2D eigenvalue weighted by Crippen LogP contribution is 2.09. The van der Waals surface area contributed by atoms with Crippen molar-refractivity contribution in [2.75, 3.05) is 5.94 Å². The lowest BCUT2D eigenvalue weighted by Gasteiger charge is -1.95. The van der Waals surface area contributed by atoms with Gasteiger partial charge in [-0.05, 0) is 5.56 Å². The first kappa shape index (κ1) is 7.63. The largest absolute Gasteiger partial charge is 0.225 e. The summed E-state index contributed by atoms with van der Waals surface area (Å²) < 4.78 is 0. The second-order valence-corrected chi connectivity index (χ2v) is 2.88. The number of hydrogen-bond acceptors (Lipinski definition) is 1. The van der Waals surface area contributed by atoms with Crippen LogP contribution in [0.5, 0.6) is 0 Å². The van der Waals surface area contributed by atoms with Crippen molar-refractivity contribution in [1.82, 2.24) is 0 Å². The SMILES string of the molecule is [O]CSCc1ccccc1. The standard InChI is InChI=1S/C8H9OS/c9-7-10-6-8-4-2-1-3-5-8/h1-5H,6-7H2. The van der Waals surface area contributed by atoms with Crippen LogP contribution in [0.15, 0.2) is 30.3 Å². The molecule has 2 heteroatoms. The first-order valence-corrected chi connectivity index (χ1v) is 4.28. The summed E-state index contributed by atoms with van der Waals surface area (Å²) in [4.78, 5) is 0. The Balaban J connectivity index is 2.43. The molecule has 10 heavy (non-hydrogen) atoms. The molecular weight excluding hydrogens is 144 g/mol. The number of rotatable bonds is 3. The minimum Gasteiger partial charge on any atom is -0.225 e. The Hall–Kier alpha value is -0.470. The molecule has 0 N–H and O–H groups in total. The molecule has 1 radical (unpaired) electrons. The van der Waals surface area contributed by atoms with Gasteiger partial charge in [0.2, 0.25) is 0 Å². The molecule has 0 amide bonds. The molecule has 0 aliphatic rings. The third kappa shape index (κ3) is 2.42. The molecule has 1 rings (SSSR count). The van der Waals surface area contributed by atoms with E-state index in [1.165, 1.54) is 17.3 Å². The zero-order chi connectivity index (χ0) is 7.23. The quantitative estimate of drug-likeness (QED) is 0.610. The summed E-state index contributed by atoms with van der Waals surface area (Å²) in [5.74, 6) is 0.791. The Morgan fingerprint density at radius 2 is 1.90 bits per heavy atom. The summed E-state index contributed by atoms with van der Waals surface area (Å²) in [7, 11) is 0. The molecule has 0 spiro atoms. The van der Waals surface area contributed by atoms with Crippen molar-refractivity contribution in [2.45, 2.75) is 5.75 Å². The molecule has 1 aromatic carbocycles. The van der Waals surface area contributed by atoms with Crippen molar-refractivity contribution in [3.63, 3.8) is 0 Å². The summed E-state index contributed by atoms with van der Waals surface area (Å²) >= 11 is 1.41. The topological polar surface area (TPSA) is 19.9 Å². The molecule has 0 aliphatic heterocycles. The highest BCUT2D eigenvalue weighted by atomic mass is 32.2. The van der Waals surface area contributed by atoms with Gasteiger partial charge in [0.15, 0.2) is 0 Å². The highest BCUT2D eigenvalue weighted by molar-refractivity contribution is 7.98. The lowest BCUT2D eigenvalue weighted by Crippen LogP contribution is -1.78. The van der Waals surface area contributed by atoms with Crippen molar-refractivity contribution in [3.05, 3.63) is 35.9 Å². The maximum absolute atomic E-state index is 10.1. The van der Waals surface area contributed by atoms with Crippen molar-refractivity contribution < 1.29 is 5.11 Å². The van der Waals surface area contributed by atoms with Crippen LogP contribution in [0.3, 0.4) is 0 Å². The van der Waals surface area contributed by atoms with Crippen molar-refractivity contribution in [3.8, 4) is 0 Å². The molecule has 0 unspecified atom stereocenters. The maximum Gasteiger partial charge on any atom is 0.128 e. The molecule has 0 aromatic heterocycles. The zero-order valence-electron chi connectivity index (χ0n) is 5.62. The molecule has 0 saturated carbocycles. The van der Waals surface area contributed by atoms with Crippen LogP contribution in [0.25, 0.3) is 0 Å². The van der Waals surface area contributed by atoms with E-state index in [1.807, 2.05) is 30.3 Å². The number of thioether (sulfide) groups is 1. The van der Waals surface area contributed by atoms with Crippen LogP contribution in [-0.4, -0.2) is 5.94 Å². The Morgan fingerprint density at radius 1 is 1.20 bits per heavy atom. The second kappa shape index (κ2) is 4.36. The van der Waals surface area contributed by atoms with Gasteiger partial charge in [0, 0.05) is 5.75 Å². The fraction of sp³-hybridized carbons (Fsp3) is 0.250. The van der Waals surface area contributed by atoms with Gasteiger partial charge in [-0.25, -0.2) is 5.11 Å². The van der Waals surface area contributed by atoms with Gasteiger partial charge in [0.25, 0.3) is 0 Å². The molecule has 1 nitrogen and oxygen atoms in total. The monoisotopic (exact) mass is 153 g/mol. The second-order valence-electron chi connectivity index (χ2n) is 1.95. The van der Waals surface area contributed by atoms with Crippen LogP contribution in [-0.2, 0) is 10.9 Å². The summed E-state index contributed by atoms with van der Waals surface area (Å²) in [6.07, 6.45) is 0. The van der Waals surface area contributed by atoms with Gasteiger partial charge in [-0.3, -0.25) is 0 Å². The summed E-state index contributed by atoms with van der Waals surface area (Å²) in [5, 5.41) is 10.1. The van der Waals surface area contributed by atoms with Gasteiger partial charge in [-0.1, -0.05) is 30.3 Å². The first-order valence-electron chi connectivity index (χ1n) is 3.13. The Labute approximate surface area is 65.1 Å². The Kier molecular flexibility index (Phi) is 3.33. The van der Waals surface area contributed by atoms with Gasteiger partial charge in [0.1, 0.15) is 5.94 Å². The molecule has 0 aliphatic carbocycles. The third-order valence-electron chi connectivity index (χ3n) is 1.19. The van der Waals surface area contributed by atoms with Gasteiger partial charge < -0.3 is 0 Å². The Bertz CT molecular complexity index is 174. The molecule has 0 heterocycles. The molecule has 0 saturated heterocycles. The lowest BCUT2D eigenvalue weighted by atomic mass is 10.2. The van der Waals surface area contributed by atoms with Gasteiger partial charge in [0.05, 0.1) is 0 Å². The van der Waals surface area contributed by atoms with E-state index in [2.05, 4.69) is 0 Å². The van der Waals surface area contributed by atoms with E-state index in [0.29, 0.717) is 0 Å². The van der Waals surface area contributed by atoms with E-state index in [9.17, 15) is 5.11 Å². The van der Waals surface area contributed by atoms with Gasteiger partial charge in [-0.2, -0.15) is 0 Å². The Morgan fingerprint density at radius 3 is 2.50 bits per heavy atom. The van der Waals surface area contributed by atoms with E-state index in [-0.39, 0.29) is 5.94 Å². The van der Waals surface area contributed by atoms with Gasteiger partial charge >= 0.3 is 0 Å². The van der Waals surface area contributed by atoms with Crippen LogP contribution in [0.1, 0.15) is 5.56 Å². The van der Waals surface area contributed by atoms with Crippen molar-refractivity contribution in [2.24, 2.45) is 0 Å². The number of benzene rings is 1. The van der Waals surface area contributed by atoms with E-state index in [0.717, 1.165) is 5.75 Å². The van der Waals surface area contributed by atoms with Crippen LogP contribution in [0.2, 0.25) is 0 Å². The van der Waals surface area contributed by atoms with Crippen molar-refractivity contribution >= 4 is 11.8 Å². The zero-order valence-corrected chi connectivity index (χ0v) is 6.43. The first-order chi connectivity index (χ1) is 4.93. The molecule has 0 atom stereocenters. The minimum atomic E-state index is -0.0467. The fourth-order valence-electron chi connectivity index (χ4n) is 0.734. The van der Waals surface area contributed by atoms with Crippen LogP contribution >= 0.6 is 11.8 Å². The predicted molar refractivity (Wildman–Crippen MR) is 43.3 cm³/mol. The molecule has 1 aromatic rings. The highest BCUT2D eigenvalue weighted by Gasteiger charge is 1.88. The normalized spacial score (nSPS) is 9.70. The summed E-state index contributed by atoms with van der Waals surface area (Å²) in [6.45, 7) is 0. The maximum atomic E-state index is 10.1. The van der Waals surface area contributed by atoms with Gasteiger partial charge in [-0.15, -0.1) is 11.8 Å². The van der Waals surface area contributed by atoms with Crippen LogP contribution < -0.4 is 0 Å². The fourth-order valence-corrected chi connectivity index (χ4v) is 1.25. The van der Waals surface area contributed by atoms with E-state index >= 15 is 0 Å². The molecular formula is C8H9OS. The average molecular weight is 153 g/mol. The molecule has 53 valence electrons. The predicted octanol–water partition coefficient (Wildman–Crippen LogP) is 2.31. The molecule has 0 fully saturated rings. The van der Waals surface area contributed by atoms with Crippen LogP contribution in [0, 0.1) is 0 Å². The van der Waals surface area contributed by atoms with E-state index in [1.54, 1.807) is 0 Å². The van der Waals surface area contributed by atoms with Crippen LogP contribution in [0.4, 0.5) is 0 Å². The number of hydrogen-bond donors (Lipinski definition) is 0. The minimum absolute atomic E-state index is 0.0467. The van der Waals surface area contributed by atoms with Crippen molar-refractivity contribution in [1.29, 1.82) is 0 Å².